The van der Waals surface area contributed by atoms with E-state index in [1.54, 1.807) is 0 Å². The average Bonchev–Trinajstić information content (AvgIpc) is 2.49. The number of carbonyl (C=O) groups excluding carboxylic acids is 1. The van der Waals surface area contributed by atoms with Crippen LogP contribution in [0, 0.1) is 6.92 Å². The van der Waals surface area contributed by atoms with Gasteiger partial charge < -0.3 is 16.4 Å². The summed E-state index contributed by atoms with van der Waals surface area (Å²) in [6, 6.07) is 15.1. The van der Waals surface area contributed by atoms with E-state index < -0.39 is 0 Å². The van der Waals surface area contributed by atoms with Crippen molar-refractivity contribution < 1.29 is 4.79 Å². The molecule has 22 heavy (non-hydrogen) atoms. The van der Waals surface area contributed by atoms with Crippen molar-refractivity contribution in [3.8, 4) is 0 Å². The van der Waals surface area contributed by atoms with Crippen LogP contribution in [0.1, 0.15) is 29.8 Å². The number of rotatable bonds is 5. The lowest BCUT2D eigenvalue weighted by Crippen LogP contribution is -2.39. The summed E-state index contributed by atoms with van der Waals surface area (Å²) in [5, 5.41) is 6.24. The minimum atomic E-state index is -0.160. The van der Waals surface area contributed by atoms with Gasteiger partial charge in [-0.05, 0) is 57.2 Å². The van der Waals surface area contributed by atoms with Gasteiger partial charge in [-0.25, -0.2) is 0 Å². The van der Waals surface area contributed by atoms with E-state index in [4.69, 9.17) is 5.73 Å². The van der Waals surface area contributed by atoms with Crippen LogP contribution in [0.4, 0.5) is 11.4 Å². The quantitative estimate of drug-likeness (QED) is 0.792. The van der Waals surface area contributed by atoms with Gasteiger partial charge in [0.2, 0.25) is 0 Å². The average molecular weight is 297 g/mol. The second-order valence-corrected chi connectivity index (χ2v) is 6.11. The lowest BCUT2D eigenvalue weighted by atomic mass is 10.1. The topological polar surface area (TPSA) is 67.2 Å². The van der Waals surface area contributed by atoms with Crippen LogP contribution in [0.15, 0.2) is 48.5 Å². The third-order valence-electron chi connectivity index (χ3n) is 3.45. The molecule has 0 spiro atoms. The fourth-order valence-electron chi connectivity index (χ4n) is 1.99. The maximum Gasteiger partial charge on any atom is 0.255 e. The number of nitrogens with two attached hydrogens (primary N) is 1. The molecule has 116 valence electrons. The van der Waals surface area contributed by atoms with Crippen LogP contribution < -0.4 is 16.4 Å². The first-order valence-electron chi connectivity index (χ1n) is 7.36. The molecule has 2 rings (SSSR count). The SMILES string of the molecule is Cc1ccc(C(=O)Nc2ccc(NC(C)(C)CN)cc2)cc1. The van der Waals surface area contributed by atoms with Crippen molar-refractivity contribution >= 4 is 17.3 Å². The molecule has 0 aromatic heterocycles. The van der Waals surface area contributed by atoms with Gasteiger partial charge in [0.05, 0.1) is 0 Å². The van der Waals surface area contributed by atoms with Crippen molar-refractivity contribution in [1.82, 2.24) is 0 Å². The number of aryl methyl sites for hydroxylation is 1. The highest BCUT2D eigenvalue weighted by molar-refractivity contribution is 6.04. The van der Waals surface area contributed by atoms with E-state index in [0.717, 1.165) is 16.9 Å². The number of anilines is 2. The van der Waals surface area contributed by atoms with Crippen LogP contribution in [-0.2, 0) is 0 Å². The first-order chi connectivity index (χ1) is 10.4. The molecule has 1 amide bonds. The molecule has 0 aliphatic rings. The van der Waals surface area contributed by atoms with Gasteiger partial charge in [-0.1, -0.05) is 17.7 Å². The fraction of sp³-hybridized carbons (Fsp3) is 0.278. The molecule has 0 aliphatic carbocycles. The molecule has 0 saturated carbocycles. The molecule has 2 aromatic rings. The van der Waals surface area contributed by atoms with Gasteiger partial charge >= 0.3 is 0 Å². The Morgan fingerprint density at radius 1 is 1.00 bits per heavy atom. The Morgan fingerprint density at radius 3 is 2.09 bits per heavy atom. The summed E-state index contributed by atoms with van der Waals surface area (Å²) in [6.07, 6.45) is 0. The summed E-state index contributed by atoms with van der Waals surface area (Å²) in [6.45, 7) is 6.62. The lowest BCUT2D eigenvalue weighted by Gasteiger charge is -2.25. The molecule has 0 aliphatic heterocycles. The third kappa shape index (κ3) is 4.33. The van der Waals surface area contributed by atoms with Crippen LogP contribution in [-0.4, -0.2) is 18.0 Å². The summed E-state index contributed by atoms with van der Waals surface area (Å²) in [4.78, 5) is 12.1. The smallest absolute Gasteiger partial charge is 0.255 e. The van der Waals surface area contributed by atoms with Crippen LogP contribution >= 0.6 is 0 Å². The van der Waals surface area contributed by atoms with Crippen LogP contribution in [0.5, 0.6) is 0 Å². The van der Waals surface area contributed by atoms with E-state index in [0.29, 0.717) is 12.1 Å². The van der Waals surface area contributed by atoms with Gasteiger partial charge in [0, 0.05) is 29.0 Å². The highest BCUT2D eigenvalue weighted by atomic mass is 16.1. The van der Waals surface area contributed by atoms with Gasteiger partial charge in [-0.15, -0.1) is 0 Å². The number of benzene rings is 2. The van der Waals surface area contributed by atoms with Crippen LogP contribution in [0.25, 0.3) is 0 Å². The lowest BCUT2D eigenvalue weighted by molar-refractivity contribution is 0.102. The molecule has 4 heteroatoms. The normalized spacial score (nSPS) is 11.1. The Balaban J connectivity index is 2.02. The van der Waals surface area contributed by atoms with Crippen molar-refractivity contribution in [2.75, 3.05) is 17.2 Å². The van der Waals surface area contributed by atoms with Gasteiger partial charge in [0.1, 0.15) is 0 Å². The van der Waals surface area contributed by atoms with E-state index in [9.17, 15) is 4.79 Å². The predicted octanol–water partition coefficient (Wildman–Crippen LogP) is 3.40. The standard InChI is InChI=1S/C18H23N3O/c1-13-4-6-14(7-5-13)17(22)20-15-8-10-16(11-9-15)21-18(2,3)12-19/h4-11,21H,12,19H2,1-3H3,(H,20,22). The maximum atomic E-state index is 12.1. The molecule has 0 bridgehead atoms. The molecular weight excluding hydrogens is 274 g/mol. The molecule has 0 saturated heterocycles. The maximum absolute atomic E-state index is 12.1. The van der Waals surface area contributed by atoms with E-state index in [1.807, 2.05) is 69.3 Å². The van der Waals surface area contributed by atoms with Crippen LogP contribution in [0.3, 0.4) is 0 Å². The minimum Gasteiger partial charge on any atom is -0.379 e. The summed E-state index contributed by atoms with van der Waals surface area (Å²) in [5.74, 6) is -0.108. The minimum absolute atomic E-state index is 0.108. The summed E-state index contributed by atoms with van der Waals surface area (Å²) >= 11 is 0. The van der Waals surface area contributed by atoms with Gasteiger partial charge in [-0.3, -0.25) is 4.79 Å². The second-order valence-electron chi connectivity index (χ2n) is 6.11. The zero-order valence-electron chi connectivity index (χ0n) is 13.3. The summed E-state index contributed by atoms with van der Waals surface area (Å²) in [7, 11) is 0. The zero-order valence-corrected chi connectivity index (χ0v) is 13.3. The first kappa shape index (κ1) is 16.0. The van der Waals surface area contributed by atoms with Crippen molar-refractivity contribution in [2.24, 2.45) is 5.73 Å². The van der Waals surface area contributed by atoms with Crippen LogP contribution in [0.2, 0.25) is 0 Å². The molecular formula is C18H23N3O. The van der Waals surface area contributed by atoms with E-state index in [1.165, 1.54) is 0 Å². The Kier molecular flexibility index (Phi) is 4.83. The van der Waals surface area contributed by atoms with E-state index >= 15 is 0 Å². The third-order valence-corrected chi connectivity index (χ3v) is 3.45. The second kappa shape index (κ2) is 6.62. The van der Waals surface area contributed by atoms with Gasteiger partial charge in [0.15, 0.2) is 0 Å². The van der Waals surface area contributed by atoms with Gasteiger partial charge in [0.25, 0.3) is 5.91 Å². The fourth-order valence-corrected chi connectivity index (χ4v) is 1.99. The number of nitrogens with one attached hydrogen (secondary N) is 2. The largest absolute Gasteiger partial charge is 0.379 e. The number of carbonyl (C=O) groups is 1. The monoisotopic (exact) mass is 297 g/mol. The van der Waals surface area contributed by atoms with E-state index in [-0.39, 0.29) is 11.4 Å². The molecule has 0 unspecified atom stereocenters. The highest BCUT2D eigenvalue weighted by Gasteiger charge is 2.14. The number of amides is 1. The molecule has 2 aromatic carbocycles. The van der Waals surface area contributed by atoms with Crippen molar-refractivity contribution in [3.05, 3.63) is 59.7 Å². The molecule has 4 nitrogen and oxygen atoms in total. The predicted molar refractivity (Wildman–Crippen MR) is 92.3 cm³/mol. The molecule has 0 heterocycles. The van der Waals surface area contributed by atoms with E-state index in [2.05, 4.69) is 10.6 Å². The number of hydrogen-bond donors (Lipinski definition) is 3. The summed E-state index contributed by atoms with van der Waals surface area (Å²) < 4.78 is 0. The Bertz CT molecular complexity index is 630. The Hall–Kier alpha value is -2.33. The van der Waals surface area contributed by atoms with Crippen molar-refractivity contribution in [2.45, 2.75) is 26.3 Å². The molecule has 0 fully saturated rings. The van der Waals surface area contributed by atoms with Crippen molar-refractivity contribution in [3.63, 3.8) is 0 Å². The number of hydrogen-bond acceptors (Lipinski definition) is 3. The Labute approximate surface area is 131 Å². The van der Waals surface area contributed by atoms with Crippen molar-refractivity contribution in [1.29, 1.82) is 0 Å². The highest BCUT2D eigenvalue weighted by Crippen LogP contribution is 2.18. The Morgan fingerprint density at radius 2 is 1.55 bits per heavy atom. The molecule has 4 N–H and O–H groups in total. The molecule has 0 radical (unpaired) electrons. The summed E-state index contributed by atoms with van der Waals surface area (Å²) in [5.41, 5.74) is 9.07. The zero-order chi connectivity index (χ0) is 16.2. The van der Waals surface area contributed by atoms with Gasteiger partial charge in [-0.2, -0.15) is 0 Å². The first-order valence-corrected chi connectivity index (χ1v) is 7.36. The molecule has 0 atom stereocenters.